The summed E-state index contributed by atoms with van der Waals surface area (Å²) in [5.41, 5.74) is 1.24. The van der Waals surface area contributed by atoms with Crippen LogP contribution in [0.5, 0.6) is 0 Å². The van der Waals surface area contributed by atoms with Crippen molar-refractivity contribution < 1.29 is 13.2 Å². The largest absolute Gasteiger partial charge is 0.353 e. The monoisotopic (exact) mass is 374 g/mol. The number of hydrogen-bond acceptors (Lipinski definition) is 6. The first-order valence-electron chi connectivity index (χ1n) is 8.60. The van der Waals surface area contributed by atoms with Gasteiger partial charge in [0.05, 0.1) is 29.3 Å². The molecule has 2 aromatic rings. The molecule has 0 saturated carbocycles. The predicted molar refractivity (Wildman–Crippen MR) is 99.7 cm³/mol. The Morgan fingerprint density at radius 3 is 2.69 bits per heavy atom. The summed E-state index contributed by atoms with van der Waals surface area (Å²) in [5, 5.41) is 2.81. The molecular weight excluding hydrogens is 352 g/mol. The minimum atomic E-state index is -2.95. The van der Waals surface area contributed by atoms with Crippen LogP contribution in [0.25, 0.3) is 0 Å². The lowest BCUT2D eigenvalue weighted by atomic mass is 10.2. The van der Waals surface area contributed by atoms with Crippen molar-refractivity contribution in [3.05, 3.63) is 54.0 Å². The van der Waals surface area contributed by atoms with Crippen molar-refractivity contribution in [3.63, 3.8) is 0 Å². The minimum Gasteiger partial charge on any atom is -0.353 e. The van der Waals surface area contributed by atoms with Gasteiger partial charge in [0, 0.05) is 25.0 Å². The summed E-state index contributed by atoms with van der Waals surface area (Å²) in [4.78, 5) is 22.8. The van der Waals surface area contributed by atoms with Crippen molar-refractivity contribution in [2.75, 3.05) is 23.0 Å². The number of hydrogen-bond donors (Lipinski definition) is 1. The van der Waals surface area contributed by atoms with Crippen LogP contribution in [0.3, 0.4) is 0 Å². The van der Waals surface area contributed by atoms with Crippen LogP contribution in [0.1, 0.15) is 29.4 Å². The molecule has 1 unspecified atom stereocenters. The van der Waals surface area contributed by atoms with Crippen LogP contribution < -0.4 is 10.2 Å². The molecule has 8 heteroatoms. The van der Waals surface area contributed by atoms with Gasteiger partial charge in [0.15, 0.2) is 9.84 Å². The third-order valence-electron chi connectivity index (χ3n) is 4.45. The lowest BCUT2D eigenvalue weighted by Gasteiger charge is -2.27. The molecule has 2 aromatic heterocycles. The van der Waals surface area contributed by atoms with Gasteiger partial charge in [-0.3, -0.25) is 9.78 Å². The smallest absolute Gasteiger partial charge is 0.253 e. The molecule has 1 aliphatic rings. The van der Waals surface area contributed by atoms with Gasteiger partial charge in [0.25, 0.3) is 5.91 Å². The molecule has 0 spiro atoms. The number of nitrogens with one attached hydrogen (secondary N) is 1. The summed E-state index contributed by atoms with van der Waals surface area (Å²) in [6, 6.07) is 8.96. The summed E-state index contributed by atoms with van der Waals surface area (Å²) in [7, 11) is -2.95. The van der Waals surface area contributed by atoms with Gasteiger partial charge in [0.2, 0.25) is 0 Å². The molecule has 3 rings (SSSR count). The van der Waals surface area contributed by atoms with E-state index in [1.165, 1.54) is 6.20 Å². The maximum Gasteiger partial charge on any atom is 0.253 e. The Kier molecular flexibility index (Phi) is 5.51. The van der Waals surface area contributed by atoms with Crippen molar-refractivity contribution >= 4 is 21.6 Å². The summed E-state index contributed by atoms with van der Waals surface area (Å²) in [5.74, 6) is 0.855. The zero-order chi connectivity index (χ0) is 18.6. The van der Waals surface area contributed by atoms with Crippen molar-refractivity contribution in [3.8, 4) is 0 Å². The second-order valence-electron chi connectivity index (χ2n) is 6.25. The van der Waals surface area contributed by atoms with Gasteiger partial charge < -0.3 is 10.2 Å². The van der Waals surface area contributed by atoms with E-state index in [1.807, 2.05) is 30.0 Å². The van der Waals surface area contributed by atoms with Crippen LogP contribution in [0.4, 0.5) is 5.82 Å². The maximum atomic E-state index is 12.2. The highest BCUT2D eigenvalue weighted by Crippen LogP contribution is 2.22. The number of aromatic nitrogens is 2. The average Bonchev–Trinajstić information content (AvgIpc) is 3.01. The Morgan fingerprint density at radius 1 is 1.27 bits per heavy atom. The fraction of sp³-hybridized carbons (Fsp3) is 0.389. The topological polar surface area (TPSA) is 92.3 Å². The van der Waals surface area contributed by atoms with E-state index in [4.69, 9.17) is 0 Å². The van der Waals surface area contributed by atoms with Crippen LogP contribution in [0.2, 0.25) is 0 Å². The Hall–Kier alpha value is -2.48. The number of nitrogens with zero attached hydrogens (tertiary/aromatic N) is 3. The van der Waals surface area contributed by atoms with E-state index in [1.54, 1.807) is 18.3 Å². The molecule has 7 nitrogen and oxygen atoms in total. The molecule has 138 valence electrons. The van der Waals surface area contributed by atoms with E-state index in [0.29, 0.717) is 30.9 Å². The number of carbonyl (C=O) groups excluding carboxylic acids is 1. The number of rotatable bonds is 6. The summed E-state index contributed by atoms with van der Waals surface area (Å²) in [6.45, 7) is 2.99. The van der Waals surface area contributed by atoms with Gasteiger partial charge in [-0.25, -0.2) is 13.4 Å². The highest BCUT2D eigenvalue weighted by molar-refractivity contribution is 7.91. The first-order chi connectivity index (χ1) is 12.5. The van der Waals surface area contributed by atoms with E-state index in [-0.39, 0.29) is 23.5 Å². The SMILES string of the molecule is CCN(c1ccc(C(=O)NCc2ccccn2)cn1)C1CCS(=O)(=O)C1. The number of pyridine rings is 2. The van der Waals surface area contributed by atoms with Crippen LogP contribution in [0, 0.1) is 0 Å². The molecule has 3 heterocycles. The highest BCUT2D eigenvalue weighted by Gasteiger charge is 2.32. The van der Waals surface area contributed by atoms with Gasteiger partial charge in [-0.2, -0.15) is 0 Å². The lowest BCUT2D eigenvalue weighted by molar-refractivity contribution is 0.0950. The molecule has 26 heavy (non-hydrogen) atoms. The van der Waals surface area contributed by atoms with Gasteiger partial charge in [0.1, 0.15) is 5.82 Å². The van der Waals surface area contributed by atoms with Crippen molar-refractivity contribution in [2.24, 2.45) is 0 Å². The normalized spacial score (nSPS) is 18.4. The fourth-order valence-corrected chi connectivity index (χ4v) is 4.83. The second-order valence-corrected chi connectivity index (χ2v) is 8.48. The fourth-order valence-electron chi connectivity index (χ4n) is 3.09. The molecule has 0 aromatic carbocycles. The Bertz CT molecular complexity index is 854. The Labute approximate surface area is 153 Å². The van der Waals surface area contributed by atoms with Gasteiger partial charge in [-0.1, -0.05) is 6.07 Å². The molecule has 1 aliphatic heterocycles. The quantitative estimate of drug-likeness (QED) is 0.822. The molecule has 1 fully saturated rings. The lowest BCUT2D eigenvalue weighted by Crippen LogP contribution is -2.36. The third-order valence-corrected chi connectivity index (χ3v) is 6.20. The zero-order valence-corrected chi connectivity index (χ0v) is 15.4. The van der Waals surface area contributed by atoms with Gasteiger partial charge in [-0.15, -0.1) is 0 Å². The molecule has 0 bridgehead atoms. The number of anilines is 1. The first kappa shape index (κ1) is 18.3. The molecule has 1 N–H and O–H groups in total. The van der Waals surface area contributed by atoms with Gasteiger partial charge in [-0.05, 0) is 37.6 Å². The molecule has 0 aliphatic carbocycles. The van der Waals surface area contributed by atoms with E-state index in [0.717, 1.165) is 5.69 Å². The third kappa shape index (κ3) is 4.37. The maximum absolute atomic E-state index is 12.2. The Balaban J connectivity index is 1.64. The summed E-state index contributed by atoms with van der Waals surface area (Å²) in [6.07, 6.45) is 3.82. The molecular formula is C18H22N4O3S. The van der Waals surface area contributed by atoms with Gasteiger partial charge >= 0.3 is 0 Å². The molecule has 1 saturated heterocycles. The number of amides is 1. The highest BCUT2D eigenvalue weighted by atomic mass is 32.2. The minimum absolute atomic E-state index is 0.0543. The van der Waals surface area contributed by atoms with Crippen LogP contribution in [0.15, 0.2) is 42.7 Å². The average molecular weight is 374 g/mol. The van der Waals surface area contributed by atoms with E-state index in [9.17, 15) is 13.2 Å². The van der Waals surface area contributed by atoms with Crippen molar-refractivity contribution in [1.29, 1.82) is 0 Å². The van der Waals surface area contributed by atoms with E-state index < -0.39 is 9.84 Å². The van der Waals surface area contributed by atoms with E-state index in [2.05, 4.69) is 15.3 Å². The molecule has 1 atom stereocenters. The molecule has 0 radical (unpaired) electrons. The first-order valence-corrected chi connectivity index (χ1v) is 10.4. The van der Waals surface area contributed by atoms with Crippen molar-refractivity contribution in [1.82, 2.24) is 15.3 Å². The zero-order valence-electron chi connectivity index (χ0n) is 14.6. The molecule has 1 amide bonds. The second kappa shape index (κ2) is 7.82. The Morgan fingerprint density at radius 2 is 2.12 bits per heavy atom. The number of sulfone groups is 1. The number of carbonyl (C=O) groups is 1. The van der Waals surface area contributed by atoms with Crippen molar-refractivity contribution in [2.45, 2.75) is 25.9 Å². The summed E-state index contributed by atoms with van der Waals surface area (Å²) < 4.78 is 23.4. The van der Waals surface area contributed by atoms with Crippen LogP contribution in [-0.4, -0.2) is 48.4 Å². The van der Waals surface area contributed by atoms with E-state index >= 15 is 0 Å². The van der Waals surface area contributed by atoms with Crippen LogP contribution in [-0.2, 0) is 16.4 Å². The summed E-state index contributed by atoms with van der Waals surface area (Å²) >= 11 is 0. The standard InChI is InChI=1S/C18H22N4O3S/c1-2-22(16-8-10-26(24,25)13-16)17-7-6-14(11-20-17)18(23)21-12-15-5-3-4-9-19-15/h3-7,9,11,16H,2,8,10,12-13H2,1H3,(H,21,23). The predicted octanol–water partition coefficient (Wildman–Crippen LogP) is 1.42. The van der Waals surface area contributed by atoms with Crippen LogP contribution >= 0.6 is 0 Å².